The molecule has 0 saturated carbocycles. The van der Waals surface area contributed by atoms with Crippen molar-refractivity contribution in [1.82, 2.24) is 15.3 Å². The van der Waals surface area contributed by atoms with Gasteiger partial charge in [-0.1, -0.05) is 62.4 Å². The van der Waals surface area contributed by atoms with Crippen LogP contribution in [0.3, 0.4) is 0 Å². The largest absolute Gasteiger partial charge is 0.360 e. The average molecular weight is 433 g/mol. The van der Waals surface area contributed by atoms with E-state index in [1.54, 1.807) is 0 Å². The van der Waals surface area contributed by atoms with E-state index in [1.807, 2.05) is 80.0 Å². The van der Waals surface area contributed by atoms with E-state index in [9.17, 15) is 9.59 Å². The number of hydrogen-bond acceptors (Lipinski definition) is 4. The maximum absolute atomic E-state index is 12.9. The van der Waals surface area contributed by atoms with Crippen LogP contribution in [0.5, 0.6) is 0 Å². The number of H-pyrrole nitrogens is 1. The molecule has 1 atom stereocenters. The summed E-state index contributed by atoms with van der Waals surface area (Å²) in [6.07, 6.45) is 2.16. The third kappa shape index (κ3) is 4.83. The monoisotopic (exact) mass is 432 g/mol. The van der Waals surface area contributed by atoms with Crippen LogP contribution in [-0.2, 0) is 16.0 Å². The molecule has 0 unspecified atom stereocenters. The molecule has 0 saturated heterocycles. The van der Waals surface area contributed by atoms with E-state index in [1.165, 1.54) is 11.3 Å². The summed E-state index contributed by atoms with van der Waals surface area (Å²) in [4.78, 5) is 33.2. The molecule has 2 aromatic heterocycles. The number of benzene rings is 2. The minimum Gasteiger partial charge on any atom is -0.360 e. The molecule has 6 nitrogen and oxygen atoms in total. The van der Waals surface area contributed by atoms with Gasteiger partial charge in [0.05, 0.1) is 12.1 Å². The van der Waals surface area contributed by atoms with Gasteiger partial charge in [0, 0.05) is 28.0 Å². The van der Waals surface area contributed by atoms with Crippen LogP contribution < -0.4 is 10.6 Å². The Hall–Kier alpha value is -3.45. The lowest BCUT2D eigenvalue weighted by Gasteiger charge is -2.21. The van der Waals surface area contributed by atoms with Crippen LogP contribution in [0.4, 0.5) is 5.13 Å². The molecule has 3 N–H and O–H groups in total. The van der Waals surface area contributed by atoms with Crippen LogP contribution in [0.25, 0.3) is 22.2 Å². The van der Waals surface area contributed by atoms with Crippen LogP contribution >= 0.6 is 11.3 Å². The predicted octanol–water partition coefficient (Wildman–Crippen LogP) is 4.61. The van der Waals surface area contributed by atoms with E-state index in [0.717, 1.165) is 27.7 Å². The summed E-state index contributed by atoms with van der Waals surface area (Å²) in [6, 6.07) is 16.9. The Morgan fingerprint density at radius 2 is 1.81 bits per heavy atom. The van der Waals surface area contributed by atoms with Crippen molar-refractivity contribution in [2.24, 2.45) is 5.92 Å². The van der Waals surface area contributed by atoms with Crippen LogP contribution in [0.1, 0.15) is 19.4 Å². The van der Waals surface area contributed by atoms with E-state index >= 15 is 0 Å². The number of hydrogen-bond donors (Lipinski definition) is 3. The first-order valence-corrected chi connectivity index (χ1v) is 11.1. The zero-order chi connectivity index (χ0) is 21.8. The number of anilines is 1. The normalized spacial score (nSPS) is 12.1. The summed E-state index contributed by atoms with van der Waals surface area (Å²) >= 11 is 1.37. The van der Waals surface area contributed by atoms with Gasteiger partial charge in [0.1, 0.15) is 6.04 Å². The molecule has 0 fully saturated rings. The van der Waals surface area contributed by atoms with Gasteiger partial charge in [-0.05, 0) is 17.5 Å². The summed E-state index contributed by atoms with van der Waals surface area (Å²) in [5, 5.41) is 9.24. The number of nitrogens with one attached hydrogen (secondary N) is 3. The fourth-order valence-corrected chi connectivity index (χ4v) is 4.18. The van der Waals surface area contributed by atoms with Gasteiger partial charge in [-0.25, -0.2) is 4.98 Å². The topological polar surface area (TPSA) is 86.9 Å². The van der Waals surface area contributed by atoms with Gasteiger partial charge in [-0.3, -0.25) is 9.59 Å². The van der Waals surface area contributed by atoms with Gasteiger partial charge < -0.3 is 15.6 Å². The Bertz CT molecular complexity index is 1200. The molecule has 0 spiro atoms. The van der Waals surface area contributed by atoms with E-state index in [0.29, 0.717) is 5.13 Å². The third-order valence-electron chi connectivity index (χ3n) is 5.07. The minimum atomic E-state index is -0.642. The fraction of sp³-hybridized carbons (Fsp3) is 0.208. The molecule has 2 aromatic carbocycles. The van der Waals surface area contributed by atoms with Crippen molar-refractivity contribution >= 4 is 39.2 Å². The van der Waals surface area contributed by atoms with Crippen molar-refractivity contribution in [3.63, 3.8) is 0 Å². The van der Waals surface area contributed by atoms with E-state index in [2.05, 4.69) is 20.6 Å². The minimum absolute atomic E-state index is 0.0622. The van der Waals surface area contributed by atoms with Gasteiger partial charge in [0.25, 0.3) is 0 Å². The van der Waals surface area contributed by atoms with E-state index < -0.39 is 6.04 Å². The van der Waals surface area contributed by atoms with Crippen LogP contribution in [-0.4, -0.2) is 27.8 Å². The Morgan fingerprint density at radius 1 is 1.06 bits per heavy atom. The van der Waals surface area contributed by atoms with Crippen LogP contribution in [0.2, 0.25) is 0 Å². The highest BCUT2D eigenvalue weighted by Gasteiger charge is 2.25. The lowest BCUT2D eigenvalue weighted by Crippen LogP contribution is -2.47. The molecule has 0 aliphatic carbocycles. The Balaban J connectivity index is 1.44. The summed E-state index contributed by atoms with van der Waals surface area (Å²) < 4.78 is 0. The van der Waals surface area contributed by atoms with Crippen molar-refractivity contribution in [2.75, 3.05) is 5.32 Å². The maximum atomic E-state index is 12.9. The number of aromatic nitrogens is 2. The van der Waals surface area contributed by atoms with Crippen molar-refractivity contribution in [2.45, 2.75) is 26.3 Å². The first-order valence-electron chi connectivity index (χ1n) is 10.2. The van der Waals surface area contributed by atoms with Gasteiger partial charge in [0.2, 0.25) is 11.8 Å². The molecule has 31 heavy (non-hydrogen) atoms. The molecule has 0 bridgehead atoms. The molecule has 4 rings (SSSR count). The summed E-state index contributed by atoms with van der Waals surface area (Å²) in [7, 11) is 0. The Kier molecular flexibility index (Phi) is 6.13. The summed E-state index contributed by atoms with van der Waals surface area (Å²) in [6.45, 7) is 3.82. The standard InChI is InChI=1S/C24H24N4O2S/c1-15(2)22(27-21(29)12-16-8-4-3-5-9-16)23(30)28-24-26-20(14-31-24)18-13-25-19-11-7-6-10-17(18)19/h3-11,13-15,22,25H,12H2,1-2H3,(H,27,29)(H,26,28,30)/t22-/m0/s1. The fourth-order valence-electron chi connectivity index (χ4n) is 3.46. The van der Waals surface area contributed by atoms with Gasteiger partial charge in [-0.2, -0.15) is 0 Å². The number of para-hydroxylation sites is 1. The number of thiazole rings is 1. The first kappa shape index (κ1) is 20.8. The van der Waals surface area contributed by atoms with Gasteiger partial charge >= 0.3 is 0 Å². The number of rotatable bonds is 7. The quantitative estimate of drug-likeness (QED) is 0.398. The highest BCUT2D eigenvalue weighted by molar-refractivity contribution is 7.14. The summed E-state index contributed by atoms with van der Waals surface area (Å²) in [5.74, 6) is -0.511. The molecule has 2 amide bonds. The Morgan fingerprint density at radius 3 is 2.58 bits per heavy atom. The summed E-state index contributed by atoms with van der Waals surface area (Å²) in [5.41, 5.74) is 3.74. The number of nitrogens with zero attached hydrogens (tertiary/aromatic N) is 1. The smallest absolute Gasteiger partial charge is 0.248 e. The number of carbonyl (C=O) groups excluding carboxylic acids is 2. The van der Waals surface area contributed by atoms with Gasteiger partial charge in [0.15, 0.2) is 5.13 Å². The highest BCUT2D eigenvalue weighted by Crippen LogP contribution is 2.31. The lowest BCUT2D eigenvalue weighted by molar-refractivity contribution is -0.127. The van der Waals surface area contributed by atoms with E-state index in [-0.39, 0.29) is 24.2 Å². The van der Waals surface area contributed by atoms with E-state index in [4.69, 9.17) is 0 Å². The number of amides is 2. The first-order chi connectivity index (χ1) is 15.0. The SMILES string of the molecule is CC(C)[C@H](NC(=O)Cc1ccccc1)C(=O)Nc1nc(-c2c[nH]c3ccccc23)cs1. The zero-order valence-electron chi connectivity index (χ0n) is 17.4. The molecular formula is C24H24N4O2S. The molecule has 0 aliphatic rings. The molecule has 2 heterocycles. The molecule has 158 valence electrons. The Labute approximate surface area is 184 Å². The second kappa shape index (κ2) is 9.14. The second-order valence-corrected chi connectivity index (χ2v) is 8.58. The maximum Gasteiger partial charge on any atom is 0.248 e. The zero-order valence-corrected chi connectivity index (χ0v) is 18.2. The number of carbonyl (C=O) groups is 2. The number of aromatic amines is 1. The van der Waals surface area contributed by atoms with Crippen LogP contribution in [0, 0.1) is 5.92 Å². The molecule has 0 aliphatic heterocycles. The van der Waals surface area contributed by atoms with Crippen molar-refractivity contribution in [3.05, 3.63) is 71.7 Å². The lowest BCUT2D eigenvalue weighted by atomic mass is 10.0. The number of fused-ring (bicyclic) bond motifs is 1. The van der Waals surface area contributed by atoms with Crippen molar-refractivity contribution < 1.29 is 9.59 Å². The molecule has 7 heteroatoms. The van der Waals surface area contributed by atoms with Crippen LogP contribution in [0.15, 0.2) is 66.2 Å². The third-order valence-corrected chi connectivity index (χ3v) is 5.83. The van der Waals surface area contributed by atoms with Gasteiger partial charge in [-0.15, -0.1) is 11.3 Å². The molecule has 4 aromatic rings. The molecule has 0 radical (unpaired) electrons. The average Bonchev–Trinajstić information content (AvgIpc) is 3.39. The van der Waals surface area contributed by atoms with Crippen molar-refractivity contribution in [1.29, 1.82) is 0 Å². The predicted molar refractivity (Wildman–Crippen MR) is 125 cm³/mol. The van der Waals surface area contributed by atoms with Crippen molar-refractivity contribution in [3.8, 4) is 11.3 Å². The second-order valence-electron chi connectivity index (χ2n) is 7.73. The molecular weight excluding hydrogens is 408 g/mol. The highest BCUT2D eigenvalue weighted by atomic mass is 32.1.